The molecule has 0 bridgehead atoms. The van der Waals surface area contributed by atoms with Crippen LogP contribution in [0.15, 0.2) is 18.2 Å². The molecule has 3 nitrogen and oxygen atoms in total. The Kier molecular flexibility index (Phi) is 3.95. The van der Waals surface area contributed by atoms with E-state index in [1.807, 2.05) is 6.07 Å². The lowest BCUT2D eigenvalue weighted by atomic mass is 9.87. The molecule has 0 amide bonds. The van der Waals surface area contributed by atoms with E-state index < -0.39 is 11.7 Å². The number of morpholine rings is 1. The first-order valence-corrected chi connectivity index (χ1v) is 6.30. The Bertz CT molecular complexity index is 403. The number of hydrogen-bond acceptors (Lipinski definition) is 3. The molecule has 1 aliphatic rings. The number of ether oxygens (including phenoxy) is 1. The van der Waals surface area contributed by atoms with Gasteiger partial charge >= 0.3 is 0 Å². The van der Waals surface area contributed by atoms with Gasteiger partial charge in [0, 0.05) is 13.1 Å². The highest BCUT2D eigenvalue weighted by Gasteiger charge is 2.40. The van der Waals surface area contributed by atoms with E-state index in [2.05, 4.69) is 5.32 Å². The standard InChI is InChI=1S/C12H15Cl2NO2/c1-8(16)12(7-15-4-5-17-12)9-2-3-10(13)11(14)6-9/h2-3,6,8,15-16H,4-5,7H2,1H3/t8-,12?/m1/s1. The lowest BCUT2D eigenvalue weighted by Crippen LogP contribution is -2.53. The quantitative estimate of drug-likeness (QED) is 0.870. The minimum Gasteiger partial charge on any atom is -0.390 e. The van der Waals surface area contributed by atoms with Crippen LogP contribution in [0.1, 0.15) is 12.5 Å². The third kappa shape index (κ3) is 2.44. The summed E-state index contributed by atoms with van der Waals surface area (Å²) in [5, 5.41) is 14.2. The van der Waals surface area contributed by atoms with Crippen LogP contribution in [-0.2, 0) is 10.3 Å². The Labute approximate surface area is 111 Å². The number of aliphatic hydroxyl groups excluding tert-OH is 1. The molecule has 0 aromatic heterocycles. The summed E-state index contributed by atoms with van der Waals surface area (Å²) in [4.78, 5) is 0. The molecular weight excluding hydrogens is 261 g/mol. The first-order chi connectivity index (χ1) is 8.06. The van der Waals surface area contributed by atoms with Gasteiger partial charge in [0.05, 0.1) is 22.8 Å². The van der Waals surface area contributed by atoms with Gasteiger partial charge in [-0.05, 0) is 24.6 Å². The summed E-state index contributed by atoms with van der Waals surface area (Å²) in [5.41, 5.74) is 0.0982. The summed E-state index contributed by atoms with van der Waals surface area (Å²) >= 11 is 11.9. The summed E-state index contributed by atoms with van der Waals surface area (Å²) in [6.07, 6.45) is -0.632. The third-order valence-corrected chi connectivity index (χ3v) is 3.85. The van der Waals surface area contributed by atoms with E-state index in [4.69, 9.17) is 27.9 Å². The molecule has 1 aliphatic heterocycles. The van der Waals surface area contributed by atoms with Crippen LogP contribution < -0.4 is 5.32 Å². The SMILES string of the molecule is C[C@@H](O)C1(c2ccc(Cl)c(Cl)c2)CNCCO1. The average Bonchev–Trinajstić information content (AvgIpc) is 2.33. The Hall–Kier alpha value is -0.320. The average molecular weight is 276 g/mol. The van der Waals surface area contributed by atoms with Crippen LogP contribution in [0, 0.1) is 0 Å². The number of halogens is 2. The van der Waals surface area contributed by atoms with Crippen molar-refractivity contribution < 1.29 is 9.84 Å². The Morgan fingerprint density at radius 2 is 2.18 bits per heavy atom. The fraction of sp³-hybridized carbons (Fsp3) is 0.500. The second kappa shape index (κ2) is 5.12. The highest BCUT2D eigenvalue weighted by atomic mass is 35.5. The molecule has 94 valence electrons. The minimum atomic E-state index is -0.744. The molecule has 1 aromatic carbocycles. The van der Waals surface area contributed by atoms with E-state index in [0.717, 1.165) is 12.1 Å². The summed E-state index contributed by atoms with van der Waals surface area (Å²) < 4.78 is 5.79. The molecule has 2 atom stereocenters. The van der Waals surface area contributed by atoms with Gasteiger partial charge in [-0.2, -0.15) is 0 Å². The van der Waals surface area contributed by atoms with Crippen LogP contribution in [0.2, 0.25) is 10.0 Å². The van der Waals surface area contributed by atoms with Crippen molar-refractivity contribution in [2.24, 2.45) is 0 Å². The molecule has 17 heavy (non-hydrogen) atoms. The van der Waals surface area contributed by atoms with Crippen molar-refractivity contribution in [1.82, 2.24) is 5.32 Å². The number of rotatable bonds is 2. The maximum absolute atomic E-state index is 10.0. The first kappa shape index (κ1) is 13.1. The highest BCUT2D eigenvalue weighted by molar-refractivity contribution is 6.42. The molecule has 2 N–H and O–H groups in total. The number of aliphatic hydroxyl groups is 1. The van der Waals surface area contributed by atoms with Gasteiger partial charge < -0.3 is 15.2 Å². The molecule has 1 fully saturated rings. The van der Waals surface area contributed by atoms with Gasteiger partial charge in [0.15, 0.2) is 0 Å². The number of benzene rings is 1. The molecular formula is C12H15Cl2NO2. The zero-order valence-electron chi connectivity index (χ0n) is 9.54. The van der Waals surface area contributed by atoms with Crippen LogP contribution in [-0.4, -0.2) is 30.9 Å². The second-order valence-electron chi connectivity index (χ2n) is 4.22. The van der Waals surface area contributed by atoms with E-state index in [-0.39, 0.29) is 0 Å². The Morgan fingerprint density at radius 3 is 2.71 bits per heavy atom. The normalized spacial score (nSPS) is 26.8. The topological polar surface area (TPSA) is 41.5 Å². The zero-order chi connectivity index (χ0) is 12.5. The predicted octanol–water partition coefficient (Wildman–Crippen LogP) is 2.19. The van der Waals surface area contributed by atoms with Gasteiger partial charge in [0.2, 0.25) is 0 Å². The summed E-state index contributed by atoms with van der Waals surface area (Å²) in [6, 6.07) is 5.32. The van der Waals surface area contributed by atoms with Crippen molar-refractivity contribution in [3.63, 3.8) is 0 Å². The van der Waals surface area contributed by atoms with Crippen molar-refractivity contribution in [3.8, 4) is 0 Å². The highest BCUT2D eigenvalue weighted by Crippen LogP contribution is 2.34. The fourth-order valence-corrected chi connectivity index (χ4v) is 2.38. The molecule has 0 saturated carbocycles. The van der Waals surface area contributed by atoms with E-state index >= 15 is 0 Å². The Morgan fingerprint density at radius 1 is 1.41 bits per heavy atom. The molecule has 1 saturated heterocycles. The van der Waals surface area contributed by atoms with Gasteiger partial charge in [0.25, 0.3) is 0 Å². The van der Waals surface area contributed by atoms with Crippen molar-refractivity contribution in [1.29, 1.82) is 0 Å². The van der Waals surface area contributed by atoms with Crippen LogP contribution in [0.3, 0.4) is 0 Å². The van der Waals surface area contributed by atoms with Crippen LogP contribution >= 0.6 is 23.2 Å². The number of nitrogens with one attached hydrogen (secondary N) is 1. The van der Waals surface area contributed by atoms with Crippen molar-refractivity contribution in [2.75, 3.05) is 19.7 Å². The third-order valence-electron chi connectivity index (χ3n) is 3.11. The summed E-state index contributed by atoms with van der Waals surface area (Å²) in [7, 11) is 0. The molecule has 1 heterocycles. The Balaban J connectivity index is 2.41. The van der Waals surface area contributed by atoms with E-state index in [9.17, 15) is 5.11 Å². The van der Waals surface area contributed by atoms with Gasteiger partial charge in [-0.25, -0.2) is 0 Å². The summed E-state index contributed by atoms with van der Waals surface area (Å²) in [6.45, 7) is 3.62. The largest absolute Gasteiger partial charge is 0.390 e. The van der Waals surface area contributed by atoms with Gasteiger partial charge in [-0.3, -0.25) is 0 Å². The van der Waals surface area contributed by atoms with Crippen LogP contribution in [0.5, 0.6) is 0 Å². The monoisotopic (exact) mass is 275 g/mol. The van der Waals surface area contributed by atoms with Crippen LogP contribution in [0.4, 0.5) is 0 Å². The molecule has 2 rings (SSSR count). The lowest BCUT2D eigenvalue weighted by Gasteiger charge is -2.40. The maximum Gasteiger partial charge on any atom is 0.131 e. The van der Waals surface area contributed by atoms with Crippen LogP contribution in [0.25, 0.3) is 0 Å². The van der Waals surface area contributed by atoms with E-state index in [0.29, 0.717) is 23.2 Å². The number of hydrogen-bond donors (Lipinski definition) is 2. The molecule has 1 aromatic rings. The fourth-order valence-electron chi connectivity index (χ4n) is 2.08. The second-order valence-corrected chi connectivity index (χ2v) is 5.03. The smallest absolute Gasteiger partial charge is 0.131 e. The van der Waals surface area contributed by atoms with Gasteiger partial charge in [-0.1, -0.05) is 29.3 Å². The summed E-state index contributed by atoms with van der Waals surface area (Å²) in [5.74, 6) is 0. The first-order valence-electron chi connectivity index (χ1n) is 5.54. The van der Waals surface area contributed by atoms with Crippen molar-refractivity contribution >= 4 is 23.2 Å². The van der Waals surface area contributed by atoms with Crippen molar-refractivity contribution in [3.05, 3.63) is 33.8 Å². The maximum atomic E-state index is 10.0. The van der Waals surface area contributed by atoms with Crippen molar-refractivity contribution in [2.45, 2.75) is 18.6 Å². The predicted molar refractivity (Wildman–Crippen MR) is 68.6 cm³/mol. The molecule has 5 heteroatoms. The van der Waals surface area contributed by atoms with E-state index in [1.54, 1.807) is 19.1 Å². The van der Waals surface area contributed by atoms with Gasteiger partial charge in [-0.15, -0.1) is 0 Å². The molecule has 0 spiro atoms. The molecule has 1 unspecified atom stereocenters. The van der Waals surface area contributed by atoms with Gasteiger partial charge in [0.1, 0.15) is 5.60 Å². The lowest BCUT2D eigenvalue weighted by molar-refractivity contribution is -0.137. The molecule has 0 radical (unpaired) electrons. The van der Waals surface area contributed by atoms with E-state index in [1.165, 1.54) is 0 Å². The molecule has 0 aliphatic carbocycles. The zero-order valence-corrected chi connectivity index (χ0v) is 11.1. The minimum absolute atomic E-state index is 0.471.